The zero-order valence-corrected chi connectivity index (χ0v) is 19.9. The summed E-state index contributed by atoms with van der Waals surface area (Å²) in [6, 6.07) is 7.01. The minimum atomic E-state index is -0.586. The largest absolute Gasteiger partial charge is 0.443 e. The Morgan fingerprint density at radius 3 is 2.27 bits per heavy atom. The molecule has 0 bridgehead atoms. The Labute approximate surface area is 193 Å². The number of benzene rings is 1. The standard InChI is InChI=1S/C20H28N6O3.HI/c1-20(2,3)15-10-23-17(29-15)12-26-19(22-4)25-9-13-5-7-14(8-6-13)18(28)24-11-16(21)27;/h5-8,10H,9,11-12H2,1-4H3,(H2,21,27)(H,24,28)(H2,22,25,26);1H. The Kier molecular flexibility index (Phi) is 9.76. The summed E-state index contributed by atoms with van der Waals surface area (Å²) >= 11 is 0. The number of halogens is 1. The molecule has 0 aliphatic carbocycles. The third-order valence-electron chi connectivity index (χ3n) is 4.02. The topological polar surface area (TPSA) is 135 Å². The van der Waals surface area contributed by atoms with E-state index in [0.717, 1.165) is 11.3 Å². The van der Waals surface area contributed by atoms with E-state index in [2.05, 4.69) is 46.7 Å². The predicted molar refractivity (Wildman–Crippen MR) is 126 cm³/mol. The number of guanidine groups is 1. The zero-order chi connectivity index (χ0) is 21.4. The number of hydrogen-bond acceptors (Lipinski definition) is 5. The van der Waals surface area contributed by atoms with Crippen LogP contribution in [0.3, 0.4) is 0 Å². The second kappa shape index (κ2) is 11.5. The van der Waals surface area contributed by atoms with Crippen LogP contribution in [-0.4, -0.2) is 36.4 Å². The van der Waals surface area contributed by atoms with Gasteiger partial charge in [-0.1, -0.05) is 32.9 Å². The first kappa shape index (κ1) is 25.4. The zero-order valence-electron chi connectivity index (χ0n) is 17.6. The fourth-order valence-electron chi connectivity index (χ4n) is 2.35. The van der Waals surface area contributed by atoms with Gasteiger partial charge in [0.05, 0.1) is 19.3 Å². The van der Waals surface area contributed by atoms with E-state index in [1.54, 1.807) is 25.4 Å². The summed E-state index contributed by atoms with van der Waals surface area (Å²) in [4.78, 5) is 31.1. The molecule has 1 aromatic heterocycles. The average Bonchev–Trinajstić information content (AvgIpc) is 3.16. The maximum atomic E-state index is 11.9. The summed E-state index contributed by atoms with van der Waals surface area (Å²) in [5, 5.41) is 8.79. The number of nitrogens with zero attached hydrogens (tertiary/aromatic N) is 2. The lowest BCUT2D eigenvalue weighted by Crippen LogP contribution is -2.36. The van der Waals surface area contributed by atoms with Gasteiger partial charge in [0.2, 0.25) is 11.8 Å². The number of amides is 2. The summed E-state index contributed by atoms with van der Waals surface area (Å²) in [6.45, 7) is 6.94. The molecule has 2 aromatic rings. The monoisotopic (exact) mass is 528 g/mol. The number of carbonyl (C=O) groups is 2. The van der Waals surface area contributed by atoms with Crippen LogP contribution in [0.5, 0.6) is 0 Å². The molecule has 0 aliphatic rings. The fourth-order valence-corrected chi connectivity index (χ4v) is 2.35. The van der Waals surface area contributed by atoms with Gasteiger partial charge in [-0.3, -0.25) is 14.6 Å². The van der Waals surface area contributed by atoms with Gasteiger partial charge in [0, 0.05) is 24.6 Å². The number of rotatable bonds is 7. The van der Waals surface area contributed by atoms with Crippen LogP contribution in [-0.2, 0) is 23.3 Å². The number of nitrogens with two attached hydrogens (primary N) is 1. The number of oxazole rings is 1. The molecule has 10 heteroatoms. The van der Waals surface area contributed by atoms with Crippen LogP contribution in [0.2, 0.25) is 0 Å². The second-order valence-corrected chi connectivity index (χ2v) is 7.49. The van der Waals surface area contributed by atoms with Gasteiger partial charge in [0.25, 0.3) is 5.91 Å². The number of aromatic nitrogens is 1. The first-order chi connectivity index (χ1) is 13.7. The summed E-state index contributed by atoms with van der Waals surface area (Å²) < 4.78 is 5.75. The van der Waals surface area contributed by atoms with E-state index < -0.39 is 5.91 Å². The average molecular weight is 528 g/mol. The van der Waals surface area contributed by atoms with Crippen LogP contribution >= 0.6 is 24.0 Å². The maximum absolute atomic E-state index is 11.9. The molecule has 9 nitrogen and oxygen atoms in total. The first-order valence-electron chi connectivity index (χ1n) is 9.24. The first-order valence-corrected chi connectivity index (χ1v) is 9.24. The second-order valence-electron chi connectivity index (χ2n) is 7.49. The highest BCUT2D eigenvalue weighted by Gasteiger charge is 2.19. The molecule has 30 heavy (non-hydrogen) atoms. The van der Waals surface area contributed by atoms with E-state index in [1.807, 2.05) is 12.1 Å². The SMILES string of the molecule is CN=C(NCc1ccc(C(=O)NCC(N)=O)cc1)NCc1ncc(C(C)(C)C)o1.I. The number of primary amides is 1. The van der Waals surface area contributed by atoms with E-state index in [0.29, 0.717) is 30.5 Å². The van der Waals surface area contributed by atoms with Crippen molar-refractivity contribution in [1.29, 1.82) is 0 Å². The molecule has 0 aliphatic heterocycles. The van der Waals surface area contributed by atoms with E-state index in [9.17, 15) is 9.59 Å². The summed E-state index contributed by atoms with van der Waals surface area (Å²) in [5.41, 5.74) is 6.35. The van der Waals surface area contributed by atoms with Crippen molar-refractivity contribution in [3.05, 3.63) is 53.2 Å². The molecule has 1 heterocycles. The minimum Gasteiger partial charge on any atom is -0.443 e. The smallest absolute Gasteiger partial charge is 0.251 e. The predicted octanol–water partition coefficient (Wildman–Crippen LogP) is 1.67. The fraction of sp³-hybridized carbons (Fsp3) is 0.400. The number of aliphatic imine (C=N–C) groups is 1. The Bertz CT molecular complexity index is 871. The molecule has 0 radical (unpaired) electrons. The summed E-state index contributed by atoms with van der Waals surface area (Å²) in [6.07, 6.45) is 1.74. The highest BCUT2D eigenvalue weighted by molar-refractivity contribution is 14.0. The van der Waals surface area contributed by atoms with Crippen LogP contribution in [0.25, 0.3) is 0 Å². The third-order valence-corrected chi connectivity index (χ3v) is 4.02. The van der Waals surface area contributed by atoms with Gasteiger partial charge in [-0.05, 0) is 17.7 Å². The van der Waals surface area contributed by atoms with Crippen molar-refractivity contribution in [3.8, 4) is 0 Å². The van der Waals surface area contributed by atoms with Gasteiger partial charge >= 0.3 is 0 Å². The summed E-state index contributed by atoms with van der Waals surface area (Å²) in [7, 11) is 1.68. The summed E-state index contributed by atoms with van der Waals surface area (Å²) in [5.74, 6) is 1.09. The van der Waals surface area contributed by atoms with Crippen molar-refractivity contribution in [2.75, 3.05) is 13.6 Å². The van der Waals surface area contributed by atoms with Gasteiger partial charge < -0.3 is 26.1 Å². The third kappa shape index (κ3) is 8.01. The lowest BCUT2D eigenvalue weighted by Gasteiger charge is -2.13. The van der Waals surface area contributed by atoms with Crippen LogP contribution < -0.4 is 21.7 Å². The number of carbonyl (C=O) groups excluding carboxylic acids is 2. The van der Waals surface area contributed by atoms with E-state index in [1.165, 1.54) is 0 Å². The van der Waals surface area contributed by atoms with Crippen LogP contribution in [0.4, 0.5) is 0 Å². The lowest BCUT2D eigenvalue weighted by molar-refractivity contribution is -0.117. The molecule has 2 rings (SSSR count). The van der Waals surface area contributed by atoms with Crippen molar-refractivity contribution in [2.45, 2.75) is 39.3 Å². The molecule has 0 saturated heterocycles. The molecular weight excluding hydrogens is 499 g/mol. The van der Waals surface area contributed by atoms with Crippen molar-refractivity contribution < 1.29 is 14.0 Å². The Hall–Kier alpha value is -2.63. The van der Waals surface area contributed by atoms with E-state index in [-0.39, 0.29) is 41.8 Å². The molecule has 0 spiro atoms. The highest BCUT2D eigenvalue weighted by atomic mass is 127. The van der Waals surface area contributed by atoms with Crippen molar-refractivity contribution in [1.82, 2.24) is 20.9 Å². The number of hydrogen-bond donors (Lipinski definition) is 4. The van der Waals surface area contributed by atoms with Crippen LogP contribution in [0.1, 0.15) is 48.3 Å². The van der Waals surface area contributed by atoms with Crippen molar-refractivity contribution in [3.63, 3.8) is 0 Å². The quantitative estimate of drug-likeness (QED) is 0.246. The van der Waals surface area contributed by atoms with E-state index in [4.69, 9.17) is 10.2 Å². The molecule has 0 atom stereocenters. The van der Waals surface area contributed by atoms with Gasteiger partial charge in [0.1, 0.15) is 5.76 Å². The molecule has 0 unspecified atom stereocenters. The van der Waals surface area contributed by atoms with Gasteiger partial charge in [0.15, 0.2) is 5.96 Å². The highest BCUT2D eigenvalue weighted by Crippen LogP contribution is 2.22. The molecule has 0 fully saturated rings. The van der Waals surface area contributed by atoms with Crippen LogP contribution in [0, 0.1) is 0 Å². The van der Waals surface area contributed by atoms with Crippen molar-refractivity contribution in [2.24, 2.45) is 10.7 Å². The van der Waals surface area contributed by atoms with E-state index >= 15 is 0 Å². The van der Waals surface area contributed by atoms with Crippen LogP contribution in [0.15, 0.2) is 39.9 Å². The Morgan fingerprint density at radius 2 is 1.73 bits per heavy atom. The Morgan fingerprint density at radius 1 is 1.10 bits per heavy atom. The van der Waals surface area contributed by atoms with Gasteiger partial charge in [-0.15, -0.1) is 24.0 Å². The molecule has 2 amide bonds. The molecule has 5 N–H and O–H groups in total. The van der Waals surface area contributed by atoms with Gasteiger partial charge in [-0.2, -0.15) is 0 Å². The molecular formula is C20H29IN6O3. The Balaban J connectivity index is 0.00000450. The number of nitrogens with one attached hydrogen (secondary N) is 3. The van der Waals surface area contributed by atoms with Crippen molar-refractivity contribution >= 4 is 41.8 Å². The molecule has 164 valence electrons. The molecule has 1 aromatic carbocycles. The normalized spacial score (nSPS) is 11.4. The van der Waals surface area contributed by atoms with Gasteiger partial charge in [-0.25, -0.2) is 4.98 Å². The molecule has 0 saturated carbocycles. The minimum absolute atomic E-state index is 0. The maximum Gasteiger partial charge on any atom is 0.251 e. The lowest BCUT2D eigenvalue weighted by atomic mass is 9.94.